The summed E-state index contributed by atoms with van der Waals surface area (Å²) in [6, 6.07) is 21.0. The number of hydrogen-bond donors (Lipinski definition) is 2. The first kappa shape index (κ1) is 21.2. The van der Waals surface area contributed by atoms with E-state index in [2.05, 4.69) is 57.6 Å². The van der Waals surface area contributed by atoms with Gasteiger partial charge in [0.2, 0.25) is 11.9 Å². The van der Waals surface area contributed by atoms with Crippen LogP contribution in [0.25, 0.3) is 0 Å². The molecular formula is C22H18Br2N6O. The van der Waals surface area contributed by atoms with Crippen LogP contribution in [0, 0.1) is 0 Å². The largest absolute Gasteiger partial charge is 0.350 e. The Morgan fingerprint density at radius 1 is 0.839 bits per heavy atom. The van der Waals surface area contributed by atoms with Gasteiger partial charge in [0.25, 0.3) is 5.91 Å². The van der Waals surface area contributed by atoms with Gasteiger partial charge in [-0.3, -0.25) is 9.78 Å². The van der Waals surface area contributed by atoms with Crippen molar-refractivity contribution in [3.8, 4) is 0 Å². The van der Waals surface area contributed by atoms with Crippen molar-refractivity contribution in [2.24, 2.45) is 0 Å². The van der Waals surface area contributed by atoms with Gasteiger partial charge >= 0.3 is 0 Å². The average Bonchev–Trinajstić information content (AvgIpc) is 3.21. The second-order valence-corrected chi connectivity index (χ2v) is 8.48. The van der Waals surface area contributed by atoms with Gasteiger partial charge in [-0.2, -0.15) is 9.67 Å². The summed E-state index contributed by atoms with van der Waals surface area (Å²) < 4.78 is 3.26. The number of pyridine rings is 1. The van der Waals surface area contributed by atoms with Gasteiger partial charge in [0.1, 0.15) is 5.69 Å². The van der Waals surface area contributed by atoms with Crippen molar-refractivity contribution in [3.05, 3.63) is 98.7 Å². The third-order valence-electron chi connectivity index (χ3n) is 4.41. The van der Waals surface area contributed by atoms with E-state index in [1.807, 2.05) is 48.5 Å². The molecule has 4 aromatic rings. The van der Waals surface area contributed by atoms with E-state index in [9.17, 15) is 4.79 Å². The second-order valence-electron chi connectivity index (χ2n) is 6.65. The Labute approximate surface area is 196 Å². The van der Waals surface area contributed by atoms with Crippen LogP contribution in [0.5, 0.6) is 0 Å². The molecule has 0 aliphatic carbocycles. The Morgan fingerprint density at radius 2 is 1.45 bits per heavy atom. The maximum absolute atomic E-state index is 13.0. The molecule has 2 aromatic carbocycles. The quantitative estimate of drug-likeness (QED) is 0.338. The molecule has 0 atom stereocenters. The summed E-state index contributed by atoms with van der Waals surface area (Å²) in [6.45, 7) is 1.02. The summed E-state index contributed by atoms with van der Waals surface area (Å²) in [5.74, 6) is 0.338. The highest BCUT2D eigenvalue weighted by molar-refractivity contribution is 9.10. The van der Waals surface area contributed by atoms with Crippen LogP contribution in [0.15, 0.2) is 81.9 Å². The maximum atomic E-state index is 13.0. The van der Waals surface area contributed by atoms with Gasteiger partial charge < -0.3 is 10.6 Å². The fourth-order valence-corrected chi connectivity index (χ4v) is 3.34. The van der Waals surface area contributed by atoms with Gasteiger partial charge in [-0.05, 0) is 47.5 Å². The van der Waals surface area contributed by atoms with Crippen molar-refractivity contribution in [1.82, 2.24) is 19.7 Å². The normalized spacial score (nSPS) is 10.6. The number of carbonyl (C=O) groups is 1. The molecule has 0 unspecified atom stereocenters. The van der Waals surface area contributed by atoms with Crippen LogP contribution in [-0.2, 0) is 13.1 Å². The average molecular weight is 542 g/mol. The van der Waals surface area contributed by atoms with Crippen molar-refractivity contribution < 1.29 is 4.79 Å². The molecule has 0 aliphatic rings. The summed E-state index contributed by atoms with van der Waals surface area (Å²) in [5.41, 5.74) is 2.41. The first-order valence-electron chi connectivity index (χ1n) is 9.48. The molecule has 156 valence electrons. The lowest BCUT2D eigenvalue weighted by Crippen LogP contribution is -2.18. The minimum absolute atomic E-state index is 0.290. The summed E-state index contributed by atoms with van der Waals surface area (Å²) in [4.78, 5) is 21.6. The third-order valence-corrected chi connectivity index (χ3v) is 5.47. The Kier molecular flexibility index (Phi) is 6.73. The minimum Gasteiger partial charge on any atom is -0.350 e. The van der Waals surface area contributed by atoms with Gasteiger partial charge in [0.05, 0.1) is 0 Å². The van der Waals surface area contributed by atoms with E-state index < -0.39 is 0 Å². The molecule has 2 aromatic heterocycles. The summed E-state index contributed by atoms with van der Waals surface area (Å²) in [5, 5.41) is 10.8. The van der Waals surface area contributed by atoms with Crippen LogP contribution in [0.2, 0.25) is 0 Å². The number of nitrogens with one attached hydrogen (secondary N) is 2. The van der Waals surface area contributed by atoms with Crippen LogP contribution in [0.4, 0.5) is 11.9 Å². The van der Waals surface area contributed by atoms with Gasteiger partial charge in [-0.15, -0.1) is 5.10 Å². The maximum Gasteiger partial charge on any atom is 0.300 e. The topological polar surface area (TPSA) is 84.7 Å². The smallest absolute Gasteiger partial charge is 0.300 e. The summed E-state index contributed by atoms with van der Waals surface area (Å²) in [7, 11) is 0. The van der Waals surface area contributed by atoms with E-state index in [1.165, 1.54) is 4.68 Å². The lowest BCUT2D eigenvalue weighted by Gasteiger charge is -2.07. The molecule has 0 amide bonds. The number of rotatable bonds is 7. The van der Waals surface area contributed by atoms with Crippen LogP contribution in [0.1, 0.15) is 21.6 Å². The first-order chi connectivity index (χ1) is 15.1. The lowest BCUT2D eigenvalue weighted by molar-refractivity contribution is 0.0942. The van der Waals surface area contributed by atoms with E-state index in [-0.39, 0.29) is 5.91 Å². The molecule has 0 aliphatic heterocycles. The number of benzene rings is 2. The van der Waals surface area contributed by atoms with E-state index in [0.717, 1.165) is 20.1 Å². The lowest BCUT2D eigenvalue weighted by atomic mass is 10.2. The third kappa shape index (κ3) is 5.56. The zero-order chi connectivity index (χ0) is 21.6. The molecule has 7 nitrogen and oxygen atoms in total. The predicted octanol–water partition coefficient (Wildman–Crippen LogP) is 5.11. The van der Waals surface area contributed by atoms with Gasteiger partial charge in [0, 0.05) is 28.2 Å². The van der Waals surface area contributed by atoms with Crippen molar-refractivity contribution in [2.75, 3.05) is 10.6 Å². The van der Waals surface area contributed by atoms with Gasteiger partial charge in [0.15, 0.2) is 0 Å². The molecule has 0 bridgehead atoms. The van der Waals surface area contributed by atoms with Crippen molar-refractivity contribution in [1.29, 1.82) is 0 Å². The fourth-order valence-electron chi connectivity index (χ4n) is 2.81. The Hall–Kier alpha value is -3.04. The van der Waals surface area contributed by atoms with Crippen LogP contribution < -0.4 is 10.6 Å². The Bertz CT molecular complexity index is 1160. The van der Waals surface area contributed by atoms with Crippen molar-refractivity contribution in [2.45, 2.75) is 13.1 Å². The Morgan fingerprint density at radius 3 is 2.03 bits per heavy atom. The van der Waals surface area contributed by atoms with Crippen LogP contribution in [0.3, 0.4) is 0 Å². The number of carbonyl (C=O) groups excluding carboxylic acids is 1. The molecule has 31 heavy (non-hydrogen) atoms. The van der Waals surface area contributed by atoms with E-state index in [0.29, 0.717) is 30.7 Å². The number of hydrogen-bond acceptors (Lipinski definition) is 6. The highest BCUT2D eigenvalue weighted by atomic mass is 79.9. The highest BCUT2D eigenvalue weighted by Gasteiger charge is 2.18. The fraction of sp³-hybridized carbons (Fsp3) is 0.0909. The molecule has 0 saturated carbocycles. The first-order valence-corrected chi connectivity index (χ1v) is 11.1. The standard InChI is InChI=1S/C22H18Br2N6O/c23-17-8-4-15(5-9-17)13-26-21-28-22(27-14-16-6-10-18(24)11-7-16)30(29-21)20(31)19-3-1-2-12-25-19/h1-12H,13-14H2,(H2,26,27,28,29). The highest BCUT2D eigenvalue weighted by Crippen LogP contribution is 2.16. The number of anilines is 2. The molecular weight excluding hydrogens is 524 g/mol. The molecule has 0 radical (unpaired) electrons. The molecule has 0 fully saturated rings. The summed E-state index contributed by atoms with van der Waals surface area (Å²) in [6.07, 6.45) is 1.58. The molecule has 9 heteroatoms. The predicted molar refractivity (Wildman–Crippen MR) is 127 cm³/mol. The summed E-state index contributed by atoms with van der Waals surface area (Å²) >= 11 is 6.86. The van der Waals surface area contributed by atoms with Gasteiger partial charge in [-0.1, -0.05) is 62.2 Å². The molecule has 0 spiro atoms. The second kappa shape index (κ2) is 9.84. The van der Waals surface area contributed by atoms with E-state index >= 15 is 0 Å². The molecule has 2 N–H and O–H groups in total. The van der Waals surface area contributed by atoms with E-state index in [1.54, 1.807) is 24.4 Å². The van der Waals surface area contributed by atoms with Crippen LogP contribution in [-0.4, -0.2) is 25.7 Å². The Balaban J connectivity index is 1.55. The van der Waals surface area contributed by atoms with Crippen molar-refractivity contribution >= 4 is 49.7 Å². The molecule has 0 saturated heterocycles. The number of aromatic nitrogens is 4. The number of halogens is 2. The molecule has 4 rings (SSSR count). The zero-order valence-electron chi connectivity index (χ0n) is 16.3. The number of nitrogens with zero attached hydrogens (tertiary/aromatic N) is 4. The van der Waals surface area contributed by atoms with E-state index in [4.69, 9.17) is 0 Å². The van der Waals surface area contributed by atoms with Crippen molar-refractivity contribution in [3.63, 3.8) is 0 Å². The van der Waals surface area contributed by atoms with Crippen LogP contribution >= 0.6 is 31.9 Å². The zero-order valence-corrected chi connectivity index (χ0v) is 19.5. The minimum atomic E-state index is -0.358. The molecule has 2 heterocycles. The SMILES string of the molecule is O=C(c1ccccn1)n1nc(NCc2ccc(Br)cc2)nc1NCc1ccc(Br)cc1. The van der Waals surface area contributed by atoms with Gasteiger partial charge in [-0.25, -0.2) is 0 Å². The monoisotopic (exact) mass is 540 g/mol.